The van der Waals surface area contributed by atoms with Gasteiger partial charge in [0, 0.05) is 29.0 Å². The van der Waals surface area contributed by atoms with Gasteiger partial charge in [-0.1, -0.05) is 45.4 Å². The molecule has 7 heteroatoms. The molecule has 3 heterocycles. The number of nitrogens with zero attached hydrogens (tertiary/aromatic N) is 4. The van der Waals surface area contributed by atoms with Crippen LogP contribution in [0.15, 0.2) is 57.5 Å². The third-order valence-electron chi connectivity index (χ3n) is 6.31. The van der Waals surface area contributed by atoms with Gasteiger partial charge in [0.1, 0.15) is 0 Å². The van der Waals surface area contributed by atoms with Crippen LogP contribution in [0, 0.1) is 5.92 Å². The summed E-state index contributed by atoms with van der Waals surface area (Å²) in [5, 5.41) is 4.12. The van der Waals surface area contributed by atoms with Crippen molar-refractivity contribution in [1.82, 2.24) is 19.9 Å². The number of rotatable bonds is 4. The quantitative estimate of drug-likeness (QED) is 0.556. The number of benzene rings is 2. The second-order valence-corrected chi connectivity index (χ2v) is 9.26. The Morgan fingerprint density at radius 2 is 1.77 bits per heavy atom. The zero-order valence-corrected chi connectivity index (χ0v) is 18.9. The third-order valence-corrected chi connectivity index (χ3v) is 6.84. The highest BCUT2D eigenvalue weighted by Crippen LogP contribution is 2.26. The molecule has 5 rings (SSSR count). The smallest absolute Gasteiger partial charge is 0.241 e. The largest absolute Gasteiger partial charge is 0.338 e. The first kappa shape index (κ1) is 20.4. The second kappa shape index (κ2) is 8.93. The van der Waals surface area contributed by atoms with Crippen molar-refractivity contribution in [3.8, 4) is 11.4 Å². The van der Waals surface area contributed by atoms with Crippen LogP contribution in [0.4, 0.5) is 0 Å². The SMILES string of the molecule is O=C(C1CCN(Cc2nc(-c3ccc(Br)cc3)no2)CC1)N1CCc2ccccc2C1. The van der Waals surface area contributed by atoms with E-state index in [1.807, 2.05) is 29.2 Å². The average molecular weight is 481 g/mol. The van der Waals surface area contributed by atoms with Crippen molar-refractivity contribution in [2.24, 2.45) is 5.92 Å². The molecule has 2 aliphatic rings. The molecule has 0 bridgehead atoms. The molecule has 6 nitrogen and oxygen atoms in total. The van der Waals surface area contributed by atoms with Gasteiger partial charge in [-0.3, -0.25) is 9.69 Å². The molecule has 0 saturated carbocycles. The van der Waals surface area contributed by atoms with E-state index in [1.54, 1.807) is 0 Å². The van der Waals surface area contributed by atoms with E-state index in [0.29, 0.717) is 24.2 Å². The minimum atomic E-state index is 0.113. The Hall–Kier alpha value is -2.51. The second-order valence-electron chi connectivity index (χ2n) is 8.35. The van der Waals surface area contributed by atoms with Crippen molar-refractivity contribution < 1.29 is 9.32 Å². The molecule has 1 saturated heterocycles. The molecule has 3 aromatic rings. The number of likely N-dealkylation sites (tertiary alicyclic amines) is 1. The molecule has 31 heavy (non-hydrogen) atoms. The number of hydrogen-bond acceptors (Lipinski definition) is 5. The lowest BCUT2D eigenvalue weighted by Gasteiger charge is -2.35. The third kappa shape index (κ3) is 4.57. The Labute approximate surface area is 190 Å². The van der Waals surface area contributed by atoms with Crippen LogP contribution in [0.2, 0.25) is 0 Å². The highest BCUT2D eigenvalue weighted by atomic mass is 79.9. The average Bonchev–Trinajstić information content (AvgIpc) is 3.27. The molecular formula is C24H25BrN4O2. The van der Waals surface area contributed by atoms with Crippen molar-refractivity contribution in [2.45, 2.75) is 32.4 Å². The van der Waals surface area contributed by atoms with Gasteiger partial charge in [0.15, 0.2) is 0 Å². The molecule has 1 aromatic heterocycles. The van der Waals surface area contributed by atoms with Crippen LogP contribution in [0.5, 0.6) is 0 Å². The molecule has 2 aromatic carbocycles. The summed E-state index contributed by atoms with van der Waals surface area (Å²) < 4.78 is 6.48. The normalized spacial score (nSPS) is 17.5. The van der Waals surface area contributed by atoms with E-state index in [2.05, 4.69) is 55.2 Å². The van der Waals surface area contributed by atoms with Crippen molar-refractivity contribution >= 4 is 21.8 Å². The summed E-state index contributed by atoms with van der Waals surface area (Å²) in [5.41, 5.74) is 3.60. The maximum atomic E-state index is 13.1. The van der Waals surface area contributed by atoms with Gasteiger partial charge < -0.3 is 9.42 Å². The minimum Gasteiger partial charge on any atom is -0.338 e. The predicted molar refractivity (Wildman–Crippen MR) is 121 cm³/mol. The van der Waals surface area contributed by atoms with E-state index < -0.39 is 0 Å². The Morgan fingerprint density at radius 1 is 1.03 bits per heavy atom. The molecule has 1 amide bonds. The zero-order chi connectivity index (χ0) is 21.2. The summed E-state index contributed by atoms with van der Waals surface area (Å²) in [6.07, 6.45) is 2.72. The molecule has 0 N–H and O–H groups in total. The molecule has 0 spiro atoms. The molecule has 0 radical (unpaired) electrons. The van der Waals surface area contributed by atoms with Crippen molar-refractivity contribution in [3.63, 3.8) is 0 Å². The van der Waals surface area contributed by atoms with E-state index in [0.717, 1.165) is 55.5 Å². The number of piperidine rings is 1. The standard InChI is InChI=1S/C24H25BrN4O2/c25-21-7-5-18(6-8-21)23-26-22(31-27-23)16-28-12-9-19(10-13-28)24(30)29-14-11-17-3-1-2-4-20(17)15-29/h1-8,19H,9-16H2. The number of carbonyl (C=O) groups is 1. The topological polar surface area (TPSA) is 62.5 Å². The Bertz CT molecular complexity index is 1060. The van der Waals surface area contributed by atoms with E-state index in [4.69, 9.17) is 4.52 Å². The molecule has 0 aliphatic carbocycles. The van der Waals surface area contributed by atoms with E-state index in [-0.39, 0.29) is 5.92 Å². The van der Waals surface area contributed by atoms with Gasteiger partial charge in [-0.05, 0) is 67.7 Å². The van der Waals surface area contributed by atoms with Gasteiger partial charge >= 0.3 is 0 Å². The van der Waals surface area contributed by atoms with Gasteiger partial charge in [0.25, 0.3) is 0 Å². The Kier molecular flexibility index (Phi) is 5.87. The lowest BCUT2D eigenvalue weighted by atomic mass is 9.93. The molecular weight excluding hydrogens is 456 g/mol. The first-order chi connectivity index (χ1) is 15.2. The highest BCUT2D eigenvalue weighted by Gasteiger charge is 2.30. The van der Waals surface area contributed by atoms with Gasteiger partial charge in [0.2, 0.25) is 17.6 Å². The molecule has 2 aliphatic heterocycles. The van der Waals surface area contributed by atoms with Gasteiger partial charge in [-0.2, -0.15) is 4.98 Å². The van der Waals surface area contributed by atoms with Crippen LogP contribution < -0.4 is 0 Å². The maximum absolute atomic E-state index is 13.1. The number of amides is 1. The maximum Gasteiger partial charge on any atom is 0.241 e. The van der Waals surface area contributed by atoms with E-state index in [1.165, 1.54) is 11.1 Å². The molecule has 0 atom stereocenters. The number of carbonyl (C=O) groups excluding carboxylic acids is 1. The number of hydrogen-bond donors (Lipinski definition) is 0. The van der Waals surface area contributed by atoms with Crippen molar-refractivity contribution in [1.29, 1.82) is 0 Å². The molecule has 160 valence electrons. The molecule has 1 fully saturated rings. The molecule has 0 unspecified atom stereocenters. The van der Waals surface area contributed by atoms with Crippen LogP contribution in [0.3, 0.4) is 0 Å². The fourth-order valence-electron chi connectivity index (χ4n) is 4.51. The van der Waals surface area contributed by atoms with E-state index in [9.17, 15) is 4.79 Å². The van der Waals surface area contributed by atoms with Crippen LogP contribution in [-0.2, 0) is 24.3 Å². The fourth-order valence-corrected chi connectivity index (χ4v) is 4.77. The first-order valence-corrected chi connectivity index (χ1v) is 11.6. The Morgan fingerprint density at radius 3 is 2.55 bits per heavy atom. The zero-order valence-electron chi connectivity index (χ0n) is 17.3. The summed E-state index contributed by atoms with van der Waals surface area (Å²) >= 11 is 3.44. The number of aromatic nitrogens is 2. The summed E-state index contributed by atoms with van der Waals surface area (Å²) in [5.74, 6) is 1.65. The Balaban J connectivity index is 1.14. The van der Waals surface area contributed by atoms with Crippen LogP contribution in [0.25, 0.3) is 11.4 Å². The van der Waals surface area contributed by atoms with Gasteiger partial charge in [-0.25, -0.2) is 0 Å². The van der Waals surface area contributed by atoms with Crippen molar-refractivity contribution in [2.75, 3.05) is 19.6 Å². The fraction of sp³-hybridized carbons (Fsp3) is 0.375. The first-order valence-electron chi connectivity index (χ1n) is 10.8. The van der Waals surface area contributed by atoms with E-state index >= 15 is 0 Å². The predicted octanol–water partition coefficient (Wildman–Crippen LogP) is 4.30. The number of halogens is 1. The lowest BCUT2D eigenvalue weighted by molar-refractivity contribution is -0.138. The lowest BCUT2D eigenvalue weighted by Crippen LogP contribution is -2.44. The van der Waals surface area contributed by atoms with Gasteiger partial charge in [0.05, 0.1) is 6.54 Å². The van der Waals surface area contributed by atoms with Crippen LogP contribution in [0.1, 0.15) is 29.9 Å². The summed E-state index contributed by atoms with van der Waals surface area (Å²) in [4.78, 5) is 22.0. The monoisotopic (exact) mass is 480 g/mol. The van der Waals surface area contributed by atoms with Crippen molar-refractivity contribution in [3.05, 3.63) is 70.0 Å². The highest BCUT2D eigenvalue weighted by molar-refractivity contribution is 9.10. The number of fused-ring (bicyclic) bond motifs is 1. The van der Waals surface area contributed by atoms with Crippen LogP contribution in [-0.4, -0.2) is 45.5 Å². The minimum absolute atomic E-state index is 0.113. The van der Waals surface area contributed by atoms with Crippen LogP contribution >= 0.6 is 15.9 Å². The summed E-state index contributed by atoms with van der Waals surface area (Å²) in [6.45, 7) is 3.95. The summed E-state index contributed by atoms with van der Waals surface area (Å²) in [7, 11) is 0. The van der Waals surface area contributed by atoms with Gasteiger partial charge in [-0.15, -0.1) is 0 Å². The summed E-state index contributed by atoms with van der Waals surface area (Å²) in [6, 6.07) is 16.3.